The highest BCUT2D eigenvalue weighted by atomic mass is 16.6. The van der Waals surface area contributed by atoms with E-state index in [-0.39, 0.29) is 12.5 Å². The Bertz CT molecular complexity index is 747. The number of nitrogens with zero attached hydrogens (tertiary/aromatic N) is 3. The highest BCUT2D eigenvalue weighted by Crippen LogP contribution is 2.31. The van der Waals surface area contributed by atoms with Crippen molar-refractivity contribution in [3.05, 3.63) is 36.0 Å². The summed E-state index contributed by atoms with van der Waals surface area (Å²) in [6, 6.07) is 7.32. The maximum absolute atomic E-state index is 12.7. The monoisotopic (exact) mass is 331 g/mol. The van der Waals surface area contributed by atoms with Gasteiger partial charge >= 0.3 is 0 Å². The van der Waals surface area contributed by atoms with Gasteiger partial charge in [0.15, 0.2) is 17.6 Å². The number of morpholine rings is 1. The summed E-state index contributed by atoms with van der Waals surface area (Å²) in [6.07, 6.45) is -1.08. The topological polar surface area (TPSA) is 86.9 Å². The Balaban J connectivity index is 1.45. The Morgan fingerprint density at radius 2 is 2.08 bits per heavy atom. The molecule has 2 aliphatic rings. The number of carbonyl (C=O) groups excluding carboxylic acids is 1. The molecule has 126 valence electrons. The van der Waals surface area contributed by atoms with Crippen molar-refractivity contribution < 1.29 is 23.4 Å². The molecule has 1 amide bonds. The number of rotatable bonds is 2. The average molecular weight is 331 g/mol. The van der Waals surface area contributed by atoms with Gasteiger partial charge in [0.25, 0.3) is 5.91 Å². The van der Waals surface area contributed by atoms with Crippen LogP contribution in [0.15, 0.2) is 28.7 Å². The molecule has 24 heavy (non-hydrogen) atoms. The van der Waals surface area contributed by atoms with Crippen molar-refractivity contribution in [2.75, 3.05) is 26.3 Å². The van der Waals surface area contributed by atoms with Crippen LogP contribution in [-0.2, 0) is 9.53 Å². The van der Waals surface area contributed by atoms with Crippen LogP contribution >= 0.6 is 0 Å². The third-order valence-corrected chi connectivity index (χ3v) is 3.98. The van der Waals surface area contributed by atoms with Crippen molar-refractivity contribution in [2.45, 2.75) is 19.1 Å². The highest BCUT2D eigenvalue weighted by Gasteiger charge is 2.35. The number of amides is 1. The van der Waals surface area contributed by atoms with E-state index in [4.69, 9.17) is 18.6 Å². The average Bonchev–Trinajstić information content (AvgIpc) is 3.07. The van der Waals surface area contributed by atoms with Crippen LogP contribution in [0.1, 0.15) is 17.9 Å². The number of ether oxygens (including phenoxy) is 3. The van der Waals surface area contributed by atoms with Gasteiger partial charge < -0.3 is 23.5 Å². The van der Waals surface area contributed by atoms with Crippen molar-refractivity contribution in [3.8, 4) is 11.5 Å². The van der Waals surface area contributed by atoms with E-state index < -0.39 is 12.2 Å². The van der Waals surface area contributed by atoms with E-state index in [0.29, 0.717) is 43.0 Å². The van der Waals surface area contributed by atoms with E-state index >= 15 is 0 Å². The summed E-state index contributed by atoms with van der Waals surface area (Å²) in [6.45, 7) is 3.15. The number of carbonyl (C=O) groups is 1. The molecule has 0 unspecified atom stereocenters. The fourth-order valence-electron chi connectivity index (χ4n) is 2.79. The standard InChI is InChI=1S/C16H17N3O5/c1-10-17-18-15(23-10)13-8-19(6-7-21-13)16(20)14-9-22-11-4-2-3-5-12(11)24-14/h2-5,13-14H,6-9H2,1H3/t13-,14+/m0/s1. The Kier molecular flexibility index (Phi) is 3.81. The molecule has 1 aromatic heterocycles. The van der Waals surface area contributed by atoms with Gasteiger partial charge in [0.2, 0.25) is 17.9 Å². The van der Waals surface area contributed by atoms with Crippen LogP contribution in [0.5, 0.6) is 11.5 Å². The molecule has 1 saturated heterocycles. The second-order valence-corrected chi connectivity index (χ2v) is 5.67. The molecule has 1 aromatic carbocycles. The number of fused-ring (bicyclic) bond motifs is 1. The van der Waals surface area contributed by atoms with Gasteiger partial charge in [0, 0.05) is 13.5 Å². The molecule has 4 rings (SSSR count). The summed E-state index contributed by atoms with van der Waals surface area (Å²) < 4.78 is 22.4. The molecule has 0 N–H and O–H groups in total. The summed E-state index contributed by atoms with van der Waals surface area (Å²) in [5.74, 6) is 1.96. The van der Waals surface area contributed by atoms with E-state index in [9.17, 15) is 4.79 Å². The van der Waals surface area contributed by atoms with Crippen molar-refractivity contribution in [3.63, 3.8) is 0 Å². The Morgan fingerprint density at radius 3 is 2.88 bits per heavy atom. The summed E-state index contributed by atoms with van der Waals surface area (Å²) in [7, 11) is 0. The van der Waals surface area contributed by atoms with Gasteiger partial charge in [-0.1, -0.05) is 12.1 Å². The molecule has 8 heteroatoms. The Labute approximate surface area is 138 Å². The van der Waals surface area contributed by atoms with Crippen LogP contribution < -0.4 is 9.47 Å². The fourth-order valence-corrected chi connectivity index (χ4v) is 2.79. The first-order chi connectivity index (χ1) is 11.7. The van der Waals surface area contributed by atoms with Crippen LogP contribution in [-0.4, -0.2) is 53.4 Å². The molecule has 0 radical (unpaired) electrons. The molecule has 2 atom stereocenters. The third-order valence-electron chi connectivity index (χ3n) is 3.98. The van der Waals surface area contributed by atoms with Crippen LogP contribution in [0.25, 0.3) is 0 Å². The quantitative estimate of drug-likeness (QED) is 0.815. The molecular weight excluding hydrogens is 314 g/mol. The predicted octanol–water partition coefficient (Wildman–Crippen LogP) is 1.12. The predicted molar refractivity (Wildman–Crippen MR) is 80.7 cm³/mol. The van der Waals surface area contributed by atoms with Crippen molar-refractivity contribution in [1.82, 2.24) is 15.1 Å². The lowest BCUT2D eigenvalue weighted by molar-refractivity contribution is -0.149. The van der Waals surface area contributed by atoms with Gasteiger partial charge in [0.05, 0.1) is 13.2 Å². The largest absolute Gasteiger partial charge is 0.485 e. The molecule has 2 aliphatic heterocycles. The van der Waals surface area contributed by atoms with E-state index in [1.54, 1.807) is 17.9 Å². The molecular formula is C16H17N3O5. The van der Waals surface area contributed by atoms with Crippen LogP contribution in [0.2, 0.25) is 0 Å². The van der Waals surface area contributed by atoms with Gasteiger partial charge in [-0.2, -0.15) is 0 Å². The van der Waals surface area contributed by atoms with Crippen molar-refractivity contribution in [1.29, 1.82) is 0 Å². The van der Waals surface area contributed by atoms with Crippen LogP contribution in [0.4, 0.5) is 0 Å². The number of para-hydroxylation sites is 2. The number of aromatic nitrogens is 2. The van der Waals surface area contributed by atoms with E-state index in [2.05, 4.69) is 10.2 Å². The van der Waals surface area contributed by atoms with Crippen LogP contribution in [0, 0.1) is 6.92 Å². The smallest absolute Gasteiger partial charge is 0.267 e. The van der Waals surface area contributed by atoms with Crippen molar-refractivity contribution in [2.24, 2.45) is 0 Å². The van der Waals surface area contributed by atoms with Crippen LogP contribution in [0.3, 0.4) is 0 Å². The number of aryl methyl sites for hydroxylation is 1. The first-order valence-corrected chi connectivity index (χ1v) is 7.79. The maximum atomic E-state index is 12.7. The van der Waals surface area contributed by atoms with E-state index in [1.807, 2.05) is 18.2 Å². The first-order valence-electron chi connectivity index (χ1n) is 7.79. The zero-order chi connectivity index (χ0) is 16.5. The van der Waals surface area contributed by atoms with Gasteiger partial charge in [-0.3, -0.25) is 4.79 Å². The number of hydrogen-bond acceptors (Lipinski definition) is 7. The second-order valence-electron chi connectivity index (χ2n) is 5.67. The lowest BCUT2D eigenvalue weighted by Gasteiger charge is -2.35. The molecule has 0 saturated carbocycles. The third kappa shape index (κ3) is 2.80. The molecule has 8 nitrogen and oxygen atoms in total. The Hall–Kier alpha value is -2.61. The van der Waals surface area contributed by atoms with Gasteiger partial charge in [-0.15, -0.1) is 10.2 Å². The highest BCUT2D eigenvalue weighted by molar-refractivity contribution is 5.82. The lowest BCUT2D eigenvalue weighted by Crippen LogP contribution is -2.50. The van der Waals surface area contributed by atoms with Crippen molar-refractivity contribution >= 4 is 5.91 Å². The Morgan fingerprint density at radius 1 is 1.25 bits per heavy atom. The molecule has 0 aliphatic carbocycles. The summed E-state index contributed by atoms with van der Waals surface area (Å²) in [5, 5.41) is 7.77. The molecule has 3 heterocycles. The summed E-state index contributed by atoms with van der Waals surface area (Å²) in [4.78, 5) is 14.4. The maximum Gasteiger partial charge on any atom is 0.267 e. The minimum Gasteiger partial charge on any atom is -0.485 e. The van der Waals surface area contributed by atoms with E-state index in [0.717, 1.165) is 0 Å². The van der Waals surface area contributed by atoms with Gasteiger partial charge in [-0.05, 0) is 12.1 Å². The number of hydrogen-bond donors (Lipinski definition) is 0. The zero-order valence-corrected chi connectivity index (χ0v) is 13.2. The lowest BCUT2D eigenvalue weighted by atomic mass is 10.2. The second kappa shape index (κ2) is 6.12. The molecule has 0 spiro atoms. The van der Waals surface area contributed by atoms with E-state index in [1.165, 1.54) is 0 Å². The summed E-state index contributed by atoms with van der Waals surface area (Å²) >= 11 is 0. The minimum absolute atomic E-state index is 0.131. The molecule has 1 fully saturated rings. The molecule has 2 aromatic rings. The zero-order valence-electron chi connectivity index (χ0n) is 13.2. The van der Waals surface area contributed by atoms with Gasteiger partial charge in [-0.25, -0.2) is 0 Å². The minimum atomic E-state index is -0.664. The molecule has 0 bridgehead atoms. The SMILES string of the molecule is Cc1nnc([C@@H]2CN(C(=O)[C@H]3COc4ccccc4O3)CCO2)o1. The van der Waals surface area contributed by atoms with Gasteiger partial charge in [0.1, 0.15) is 6.61 Å². The first kappa shape index (κ1) is 14.9. The number of benzene rings is 1. The summed E-state index contributed by atoms with van der Waals surface area (Å²) in [5.41, 5.74) is 0. The fraction of sp³-hybridized carbons (Fsp3) is 0.438. The normalized spacial score (nSPS) is 23.1.